The molecule has 1 fully saturated rings. The summed E-state index contributed by atoms with van der Waals surface area (Å²) < 4.78 is 27.9. The largest absolute Gasteiger partial charge is 0.242 e. The molecule has 0 unspecified atom stereocenters. The van der Waals surface area contributed by atoms with Gasteiger partial charge in [-0.3, -0.25) is 0 Å². The summed E-state index contributed by atoms with van der Waals surface area (Å²) in [5, 5.41) is 9.56. The smallest absolute Gasteiger partial charge is 0.207 e. The number of hydrogen-bond acceptors (Lipinski definition) is 3. The van der Waals surface area contributed by atoms with E-state index in [0.29, 0.717) is 18.4 Å². The lowest BCUT2D eigenvalue weighted by molar-refractivity contribution is 0.357. The zero-order chi connectivity index (χ0) is 15.3. The molecule has 1 aromatic carbocycles. The van der Waals surface area contributed by atoms with Crippen LogP contribution in [-0.4, -0.2) is 14.0 Å². The summed E-state index contributed by atoms with van der Waals surface area (Å²) in [6, 6.07) is 9.12. The van der Waals surface area contributed by atoms with Gasteiger partial charge in [0, 0.05) is 0 Å². The molecule has 0 aliphatic heterocycles. The van der Waals surface area contributed by atoms with Gasteiger partial charge in [-0.2, -0.15) is 9.98 Å². The van der Waals surface area contributed by atoms with Crippen LogP contribution in [0.2, 0.25) is 0 Å². The first-order valence-electron chi connectivity index (χ1n) is 7.50. The monoisotopic (exact) mass is 306 g/mol. The SMILES string of the molecule is Cc1ccccc1S(=O)(=O)NC1(C#N)CCCCCCC1. The van der Waals surface area contributed by atoms with Crippen LogP contribution < -0.4 is 4.72 Å². The maximum atomic E-state index is 12.6. The molecule has 0 heterocycles. The van der Waals surface area contributed by atoms with Gasteiger partial charge in [0.15, 0.2) is 0 Å². The molecule has 21 heavy (non-hydrogen) atoms. The van der Waals surface area contributed by atoms with Gasteiger partial charge in [-0.05, 0) is 31.4 Å². The van der Waals surface area contributed by atoms with Crippen molar-refractivity contribution >= 4 is 10.0 Å². The van der Waals surface area contributed by atoms with Crippen molar-refractivity contribution in [3.05, 3.63) is 29.8 Å². The lowest BCUT2D eigenvalue weighted by atomic mass is 9.86. The van der Waals surface area contributed by atoms with Gasteiger partial charge in [0.2, 0.25) is 10.0 Å². The fourth-order valence-electron chi connectivity index (χ4n) is 2.92. The molecule has 0 saturated heterocycles. The maximum Gasteiger partial charge on any atom is 0.242 e. The predicted molar refractivity (Wildman–Crippen MR) is 82.2 cm³/mol. The molecular weight excluding hydrogens is 284 g/mol. The Kier molecular flexibility index (Phi) is 5.02. The zero-order valence-electron chi connectivity index (χ0n) is 12.4. The van der Waals surface area contributed by atoms with Crippen molar-refractivity contribution < 1.29 is 8.42 Å². The first-order valence-corrected chi connectivity index (χ1v) is 8.98. The minimum atomic E-state index is -3.66. The van der Waals surface area contributed by atoms with E-state index < -0.39 is 15.6 Å². The molecule has 0 bridgehead atoms. The standard InChI is InChI=1S/C16H22N2O2S/c1-14-9-5-6-10-15(14)21(19,20)18-16(13-17)11-7-3-2-4-8-12-16/h5-6,9-10,18H,2-4,7-8,11-12H2,1H3. The maximum absolute atomic E-state index is 12.6. The number of nitriles is 1. The van der Waals surface area contributed by atoms with Gasteiger partial charge in [-0.25, -0.2) is 8.42 Å². The van der Waals surface area contributed by atoms with Gasteiger partial charge in [0.25, 0.3) is 0 Å². The highest BCUT2D eigenvalue weighted by atomic mass is 32.2. The van der Waals surface area contributed by atoms with Gasteiger partial charge in [0.05, 0.1) is 11.0 Å². The van der Waals surface area contributed by atoms with Crippen LogP contribution in [0.25, 0.3) is 0 Å². The van der Waals surface area contributed by atoms with E-state index >= 15 is 0 Å². The van der Waals surface area contributed by atoms with Gasteiger partial charge in [-0.1, -0.05) is 50.3 Å². The molecule has 1 saturated carbocycles. The molecule has 4 nitrogen and oxygen atoms in total. The van der Waals surface area contributed by atoms with Crippen LogP contribution in [0.1, 0.15) is 50.5 Å². The third-order valence-corrected chi connectivity index (χ3v) is 5.83. The van der Waals surface area contributed by atoms with Crippen molar-refractivity contribution in [3.63, 3.8) is 0 Å². The Morgan fingerprint density at radius 3 is 2.24 bits per heavy atom. The average Bonchev–Trinajstić information content (AvgIpc) is 2.42. The van der Waals surface area contributed by atoms with Gasteiger partial charge >= 0.3 is 0 Å². The molecule has 0 spiro atoms. The van der Waals surface area contributed by atoms with E-state index in [4.69, 9.17) is 0 Å². The Morgan fingerprint density at radius 2 is 1.67 bits per heavy atom. The van der Waals surface area contributed by atoms with Crippen molar-refractivity contribution in [1.82, 2.24) is 4.72 Å². The summed E-state index contributed by atoms with van der Waals surface area (Å²) in [6.45, 7) is 1.77. The van der Waals surface area contributed by atoms with Crippen LogP contribution in [0, 0.1) is 18.3 Å². The molecule has 1 aliphatic rings. The third-order valence-electron chi connectivity index (χ3n) is 4.13. The first-order chi connectivity index (χ1) is 9.99. The lowest BCUT2D eigenvalue weighted by Crippen LogP contribution is -2.47. The topological polar surface area (TPSA) is 70.0 Å². The molecule has 0 amide bonds. The summed E-state index contributed by atoms with van der Waals surface area (Å²) in [6.07, 6.45) is 6.27. The summed E-state index contributed by atoms with van der Waals surface area (Å²) in [7, 11) is -3.66. The van der Waals surface area contributed by atoms with Crippen LogP contribution in [0.5, 0.6) is 0 Å². The Morgan fingerprint density at radius 1 is 1.10 bits per heavy atom. The second kappa shape index (κ2) is 6.59. The minimum absolute atomic E-state index is 0.265. The second-order valence-corrected chi connectivity index (χ2v) is 7.48. The summed E-state index contributed by atoms with van der Waals surface area (Å²) in [4.78, 5) is 0.265. The average molecular weight is 306 g/mol. The number of benzene rings is 1. The van der Waals surface area contributed by atoms with Crippen molar-refractivity contribution in [3.8, 4) is 6.07 Å². The number of nitrogens with zero attached hydrogens (tertiary/aromatic N) is 1. The normalized spacial score (nSPS) is 19.2. The van der Waals surface area contributed by atoms with Crippen molar-refractivity contribution in [2.45, 2.75) is 62.3 Å². The van der Waals surface area contributed by atoms with E-state index in [1.54, 1.807) is 25.1 Å². The summed E-state index contributed by atoms with van der Waals surface area (Å²) in [5.41, 5.74) is -0.259. The third kappa shape index (κ3) is 3.84. The van der Waals surface area contributed by atoms with E-state index in [-0.39, 0.29) is 4.90 Å². The molecule has 1 aromatic rings. The van der Waals surface area contributed by atoms with E-state index in [0.717, 1.165) is 25.7 Å². The van der Waals surface area contributed by atoms with Crippen LogP contribution in [0.15, 0.2) is 29.2 Å². The number of aryl methyl sites for hydroxylation is 1. The quantitative estimate of drug-likeness (QED) is 0.931. The number of sulfonamides is 1. The molecule has 5 heteroatoms. The number of hydrogen-bond donors (Lipinski definition) is 1. The van der Waals surface area contributed by atoms with E-state index in [1.165, 1.54) is 6.42 Å². The van der Waals surface area contributed by atoms with Crippen LogP contribution in [-0.2, 0) is 10.0 Å². The van der Waals surface area contributed by atoms with Crippen molar-refractivity contribution in [2.75, 3.05) is 0 Å². The summed E-state index contributed by atoms with van der Waals surface area (Å²) in [5.74, 6) is 0. The molecule has 114 valence electrons. The van der Waals surface area contributed by atoms with Crippen molar-refractivity contribution in [2.24, 2.45) is 0 Å². The summed E-state index contributed by atoms with van der Waals surface area (Å²) >= 11 is 0. The van der Waals surface area contributed by atoms with Crippen LogP contribution in [0.3, 0.4) is 0 Å². The minimum Gasteiger partial charge on any atom is -0.207 e. The van der Waals surface area contributed by atoms with E-state index in [1.807, 2.05) is 6.07 Å². The second-order valence-electron chi connectivity index (χ2n) is 5.83. The van der Waals surface area contributed by atoms with E-state index in [9.17, 15) is 13.7 Å². The molecule has 0 radical (unpaired) electrons. The Bertz CT molecular complexity index is 624. The fraction of sp³-hybridized carbons (Fsp3) is 0.562. The Hall–Kier alpha value is -1.38. The van der Waals surface area contributed by atoms with Crippen molar-refractivity contribution in [1.29, 1.82) is 5.26 Å². The molecular formula is C16H22N2O2S. The van der Waals surface area contributed by atoms with Gasteiger partial charge in [0.1, 0.15) is 5.54 Å². The molecule has 1 N–H and O–H groups in total. The molecule has 0 atom stereocenters. The molecule has 0 aromatic heterocycles. The molecule has 2 rings (SSSR count). The fourth-order valence-corrected chi connectivity index (χ4v) is 4.54. The first kappa shape index (κ1) is 16.0. The Balaban J connectivity index is 2.28. The van der Waals surface area contributed by atoms with Crippen LogP contribution >= 0.6 is 0 Å². The highest BCUT2D eigenvalue weighted by molar-refractivity contribution is 7.89. The number of rotatable bonds is 3. The highest BCUT2D eigenvalue weighted by Gasteiger charge is 2.35. The lowest BCUT2D eigenvalue weighted by Gasteiger charge is -2.29. The van der Waals surface area contributed by atoms with Gasteiger partial charge < -0.3 is 0 Å². The Labute approximate surface area is 127 Å². The van der Waals surface area contributed by atoms with E-state index in [2.05, 4.69) is 10.8 Å². The number of nitrogens with one attached hydrogen (secondary N) is 1. The highest BCUT2D eigenvalue weighted by Crippen LogP contribution is 2.28. The predicted octanol–water partition coefficient (Wildman–Crippen LogP) is 3.28. The van der Waals surface area contributed by atoms with Crippen LogP contribution in [0.4, 0.5) is 0 Å². The molecule has 1 aliphatic carbocycles. The zero-order valence-corrected chi connectivity index (χ0v) is 13.2. The van der Waals surface area contributed by atoms with Gasteiger partial charge in [-0.15, -0.1) is 0 Å².